The third-order valence-electron chi connectivity index (χ3n) is 6.73. The SMILES string of the molecule is COc1ccccc1N(C(=O)CCCC(=O)Nc1ccccn1)[C@@H](C(=O)NC1CCCC1)c1ccc(Cl)cc1. The molecule has 0 unspecified atom stereocenters. The minimum Gasteiger partial charge on any atom is -0.495 e. The van der Waals surface area contributed by atoms with Crippen LogP contribution in [-0.4, -0.2) is 35.9 Å². The van der Waals surface area contributed by atoms with Crippen molar-refractivity contribution in [3.63, 3.8) is 0 Å². The van der Waals surface area contributed by atoms with Crippen LogP contribution in [0.1, 0.15) is 56.6 Å². The first kappa shape index (κ1) is 28.1. The highest BCUT2D eigenvalue weighted by molar-refractivity contribution is 6.30. The van der Waals surface area contributed by atoms with Crippen molar-refractivity contribution in [2.45, 2.75) is 57.0 Å². The molecule has 0 radical (unpaired) electrons. The number of nitrogens with zero attached hydrogens (tertiary/aromatic N) is 2. The number of pyridine rings is 1. The molecule has 204 valence electrons. The number of nitrogens with one attached hydrogen (secondary N) is 2. The van der Waals surface area contributed by atoms with Crippen molar-refractivity contribution in [2.24, 2.45) is 0 Å². The van der Waals surface area contributed by atoms with E-state index in [0.29, 0.717) is 34.3 Å². The maximum absolute atomic E-state index is 13.9. The molecule has 0 spiro atoms. The highest BCUT2D eigenvalue weighted by atomic mass is 35.5. The number of carbonyl (C=O) groups excluding carboxylic acids is 3. The molecule has 1 atom stereocenters. The molecular formula is C30H33ClN4O4. The lowest BCUT2D eigenvalue weighted by Gasteiger charge is -2.33. The number of methoxy groups -OCH3 is 1. The summed E-state index contributed by atoms with van der Waals surface area (Å²) in [6.45, 7) is 0. The molecule has 2 N–H and O–H groups in total. The molecule has 1 aliphatic rings. The van der Waals surface area contributed by atoms with E-state index in [9.17, 15) is 14.4 Å². The average Bonchev–Trinajstić information content (AvgIpc) is 3.46. The van der Waals surface area contributed by atoms with Crippen LogP contribution in [0.5, 0.6) is 5.75 Å². The number of ether oxygens (including phenoxy) is 1. The monoisotopic (exact) mass is 548 g/mol. The molecule has 3 aromatic rings. The van der Waals surface area contributed by atoms with Gasteiger partial charge in [-0.05, 0) is 61.2 Å². The molecule has 1 aromatic heterocycles. The first-order chi connectivity index (χ1) is 19.0. The fraction of sp³-hybridized carbons (Fsp3) is 0.333. The lowest BCUT2D eigenvalue weighted by Crippen LogP contribution is -2.46. The molecule has 8 nitrogen and oxygen atoms in total. The zero-order chi connectivity index (χ0) is 27.6. The van der Waals surface area contributed by atoms with Gasteiger partial charge in [-0.15, -0.1) is 0 Å². The number of para-hydroxylation sites is 2. The summed E-state index contributed by atoms with van der Waals surface area (Å²) >= 11 is 6.15. The molecule has 3 amide bonds. The Labute approximate surface area is 233 Å². The second kappa shape index (κ2) is 13.8. The van der Waals surface area contributed by atoms with Crippen LogP contribution in [0.15, 0.2) is 72.9 Å². The summed E-state index contributed by atoms with van der Waals surface area (Å²) in [6.07, 6.45) is 6.01. The molecule has 4 rings (SSSR count). The Kier molecular flexibility index (Phi) is 9.91. The number of hydrogen-bond acceptors (Lipinski definition) is 5. The van der Waals surface area contributed by atoms with Gasteiger partial charge in [-0.3, -0.25) is 19.3 Å². The van der Waals surface area contributed by atoms with Gasteiger partial charge < -0.3 is 15.4 Å². The van der Waals surface area contributed by atoms with E-state index in [2.05, 4.69) is 15.6 Å². The largest absolute Gasteiger partial charge is 0.495 e. The Balaban J connectivity index is 1.60. The van der Waals surface area contributed by atoms with Crippen LogP contribution < -0.4 is 20.3 Å². The molecule has 39 heavy (non-hydrogen) atoms. The van der Waals surface area contributed by atoms with Gasteiger partial charge in [-0.1, -0.05) is 54.8 Å². The Bertz CT molecular complexity index is 1260. The third kappa shape index (κ3) is 7.57. The molecule has 1 heterocycles. The van der Waals surface area contributed by atoms with E-state index >= 15 is 0 Å². The lowest BCUT2D eigenvalue weighted by molar-refractivity contribution is -0.127. The zero-order valence-corrected chi connectivity index (χ0v) is 22.7. The summed E-state index contributed by atoms with van der Waals surface area (Å²) in [5.74, 6) is 0.115. The van der Waals surface area contributed by atoms with Gasteiger partial charge in [0.25, 0.3) is 0 Å². The average molecular weight is 549 g/mol. The van der Waals surface area contributed by atoms with E-state index in [1.165, 1.54) is 12.0 Å². The number of halogens is 1. The van der Waals surface area contributed by atoms with E-state index in [1.54, 1.807) is 66.9 Å². The molecule has 1 saturated carbocycles. The standard InChI is InChI=1S/C30H33ClN4O4/c1-39-25-12-5-4-11-24(25)35(28(37)15-8-14-27(36)34-26-13-6-7-20-32-26)29(21-16-18-22(31)19-17-21)30(38)33-23-9-2-3-10-23/h4-7,11-13,16-20,23,29H,2-3,8-10,14-15H2,1H3,(H,33,38)(H,32,34,36)/t29-/m1/s1. The normalized spacial score (nSPS) is 13.9. The minimum absolute atomic E-state index is 0.0501. The first-order valence-electron chi connectivity index (χ1n) is 13.2. The van der Waals surface area contributed by atoms with Crippen LogP contribution in [0.2, 0.25) is 5.02 Å². The van der Waals surface area contributed by atoms with Crippen molar-refractivity contribution in [1.29, 1.82) is 0 Å². The smallest absolute Gasteiger partial charge is 0.248 e. The van der Waals surface area contributed by atoms with Gasteiger partial charge in [0.15, 0.2) is 0 Å². The second-order valence-electron chi connectivity index (χ2n) is 9.50. The van der Waals surface area contributed by atoms with Gasteiger partial charge in [-0.2, -0.15) is 0 Å². The maximum atomic E-state index is 13.9. The van der Waals surface area contributed by atoms with E-state index in [-0.39, 0.29) is 36.6 Å². The maximum Gasteiger partial charge on any atom is 0.248 e. The Morgan fingerprint density at radius 1 is 1.00 bits per heavy atom. The summed E-state index contributed by atoms with van der Waals surface area (Å²) in [5.41, 5.74) is 1.10. The first-order valence-corrected chi connectivity index (χ1v) is 13.6. The molecule has 1 aliphatic carbocycles. The summed E-state index contributed by atoms with van der Waals surface area (Å²) in [4.78, 5) is 45.8. The van der Waals surface area contributed by atoms with Crippen molar-refractivity contribution in [3.8, 4) is 5.75 Å². The number of amides is 3. The van der Waals surface area contributed by atoms with Crippen molar-refractivity contribution in [3.05, 3.63) is 83.5 Å². The van der Waals surface area contributed by atoms with Gasteiger partial charge in [-0.25, -0.2) is 4.98 Å². The number of aromatic nitrogens is 1. The lowest BCUT2D eigenvalue weighted by atomic mass is 10.0. The number of hydrogen-bond donors (Lipinski definition) is 2. The van der Waals surface area contributed by atoms with E-state index in [4.69, 9.17) is 16.3 Å². The van der Waals surface area contributed by atoms with Crippen LogP contribution in [0.4, 0.5) is 11.5 Å². The predicted molar refractivity (Wildman–Crippen MR) is 152 cm³/mol. The van der Waals surface area contributed by atoms with Gasteiger partial charge in [0.05, 0.1) is 12.8 Å². The fourth-order valence-corrected chi connectivity index (χ4v) is 4.95. The third-order valence-corrected chi connectivity index (χ3v) is 6.99. The number of rotatable bonds is 11. The van der Waals surface area contributed by atoms with Crippen molar-refractivity contribution >= 4 is 40.8 Å². The number of carbonyl (C=O) groups is 3. The van der Waals surface area contributed by atoms with Crippen LogP contribution in [0.25, 0.3) is 0 Å². The van der Waals surface area contributed by atoms with E-state index in [0.717, 1.165) is 25.7 Å². The highest BCUT2D eigenvalue weighted by Gasteiger charge is 2.35. The van der Waals surface area contributed by atoms with Crippen molar-refractivity contribution in [1.82, 2.24) is 10.3 Å². The molecular weight excluding hydrogens is 516 g/mol. The zero-order valence-electron chi connectivity index (χ0n) is 21.9. The molecule has 0 bridgehead atoms. The number of benzene rings is 2. The molecule has 1 fully saturated rings. The fourth-order valence-electron chi connectivity index (χ4n) is 4.82. The topological polar surface area (TPSA) is 101 Å². The predicted octanol–water partition coefficient (Wildman–Crippen LogP) is 5.69. The summed E-state index contributed by atoms with van der Waals surface area (Å²) < 4.78 is 5.59. The Hall–Kier alpha value is -3.91. The van der Waals surface area contributed by atoms with E-state index in [1.807, 2.05) is 6.07 Å². The molecule has 0 aliphatic heterocycles. The van der Waals surface area contributed by atoms with Gasteiger partial charge in [0.2, 0.25) is 17.7 Å². The molecule has 9 heteroatoms. The van der Waals surface area contributed by atoms with Crippen LogP contribution in [0.3, 0.4) is 0 Å². The van der Waals surface area contributed by atoms with Crippen LogP contribution >= 0.6 is 11.6 Å². The number of anilines is 2. The minimum atomic E-state index is -0.950. The van der Waals surface area contributed by atoms with Crippen molar-refractivity contribution < 1.29 is 19.1 Å². The van der Waals surface area contributed by atoms with E-state index < -0.39 is 6.04 Å². The molecule has 0 saturated heterocycles. The van der Waals surface area contributed by atoms with Crippen LogP contribution in [-0.2, 0) is 14.4 Å². The summed E-state index contributed by atoms with van der Waals surface area (Å²) in [6, 6.07) is 18.4. The summed E-state index contributed by atoms with van der Waals surface area (Å²) in [7, 11) is 1.53. The van der Waals surface area contributed by atoms with Gasteiger partial charge >= 0.3 is 0 Å². The summed E-state index contributed by atoms with van der Waals surface area (Å²) in [5, 5.41) is 6.42. The Morgan fingerprint density at radius 2 is 1.72 bits per heavy atom. The van der Waals surface area contributed by atoms with Gasteiger partial charge in [0, 0.05) is 30.1 Å². The van der Waals surface area contributed by atoms with Gasteiger partial charge in [0.1, 0.15) is 17.6 Å². The quantitative estimate of drug-likeness (QED) is 0.321. The molecule has 2 aromatic carbocycles. The highest BCUT2D eigenvalue weighted by Crippen LogP contribution is 2.36. The van der Waals surface area contributed by atoms with Crippen molar-refractivity contribution in [2.75, 3.05) is 17.3 Å². The van der Waals surface area contributed by atoms with Crippen LogP contribution in [0, 0.1) is 0 Å². The Morgan fingerprint density at radius 3 is 2.41 bits per heavy atom. The second-order valence-corrected chi connectivity index (χ2v) is 9.93.